The number of thiophene rings is 1. The molecule has 3 aromatic rings. The van der Waals surface area contributed by atoms with E-state index < -0.39 is 0 Å². The van der Waals surface area contributed by atoms with Crippen LogP contribution in [-0.2, 0) is 11.3 Å². The fourth-order valence-corrected chi connectivity index (χ4v) is 4.64. The van der Waals surface area contributed by atoms with Gasteiger partial charge in [-0.25, -0.2) is 4.98 Å². The van der Waals surface area contributed by atoms with Crippen molar-refractivity contribution >= 4 is 39.2 Å². The number of hydrogen-bond acceptors (Lipinski definition) is 5. The monoisotopic (exact) mass is 427 g/mol. The van der Waals surface area contributed by atoms with Gasteiger partial charge in [0.15, 0.2) is 5.16 Å². The fraction of sp³-hybridized carbons (Fsp3) is 0.318. The van der Waals surface area contributed by atoms with Crippen LogP contribution >= 0.6 is 23.1 Å². The number of nitrogens with one attached hydrogen (secondary N) is 1. The van der Waals surface area contributed by atoms with Gasteiger partial charge in [-0.2, -0.15) is 0 Å². The van der Waals surface area contributed by atoms with E-state index in [1.165, 1.54) is 23.1 Å². The Morgan fingerprint density at radius 2 is 2.03 bits per heavy atom. The topological polar surface area (TPSA) is 64.0 Å². The number of rotatable bonds is 8. The van der Waals surface area contributed by atoms with Gasteiger partial charge in [0.05, 0.1) is 11.1 Å². The number of amides is 1. The van der Waals surface area contributed by atoms with Gasteiger partial charge in [0.2, 0.25) is 5.91 Å². The molecule has 0 saturated carbocycles. The van der Waals surface area contributed by atoms with Crippen LogP contribution in [0.3, 0.4) is 0 Å². The molecule has 1 N–H and O–H groups in total. The summed E-state index contributed by atoms with van der Waals surface area (Å²) in [6.07, 6.45) is 1.68. The Kier molecular flexibility index (Phi) is 6.92. The molecule has 0 spiro atoms. The number of fused-ring (bicyclic) bond motifs is 1. The smallest absolute Gasteiger partial charge is 0.263 e. The number of carbonyl (C=O) groups is 1. The van der Waals surface area contributed by atoms with Gasteiger partial charge in [-0.05, 0) is 18.4 Å². The summed E-state index contributed by atoms with van der Waals surface area (Å²) in [6.45, 7) is 10.2. The Hall–Kier alpha value is -2.38. The zero-order valence-electron chi connectivity index (χ0n) is 16.8. The molecule has 2 heterocycles. The van der Waals surface area contributed by atoms with Crippen LogP contribution in [0.1, 0.15) is 20.8 Å². The second kappa shape index (κ2) is 9.41. The number of benzene rings is 1. The summed E-state index contributed by atoms with van der Waals surface area (Å²) in [7, 11) is 0. The van der Waals surface area contributed by atoms with Gasteiger partial charge >= 0.3 is 0 Å². The van der Waals surface area contributed by atoms with Gasteiger partial charge in [-0.3, -0.25) is 14.2 Å². The lowest BCUT2D eigenvalue weighted by atomic mass is 10.1. The fourth-order valence-electron chi connectivity index (χ4n) is 2.83. The lowest BCUT2D eigenvalue weighted by molar-refractivity contribution is -0.119. The molecule has 0 radical (unpaired) electrons. The number of nitrogens with zero attached hydrogens (tertiary/aromatic N) is 2. The van der Waals surface area contributed by atoms with Crippen molar-refractivity contribution in [1.82, 2.24) is 14.9 Å². The van der Waals surface area contributed by atoms with E-state index in [2.05, 4.69) is 25.7 Å². The third-order valence-electron chi connectivity index (χ3n) is 4.78. The Morgan fingerprint density at radius 3 is 2.69 bits per heavy atom. The quantitative estimate of drug-likeness (QED) is 0.325. The molecular weight excluding hydrogens is 402 g/mol. The molecule has 0 saturated heterocycles. The molecule has 0 aliphatic heterocycles. The molecule has 0 bridgehead atoms. The first-order valence-corrected chi connectivity index (χ1v) is 11.4. The van der Waals surface area contributed by atoms with Crippen LogP contribution in [0.25, 0.3) is 21.3 Å². The normalized spacial score (nSPS) is 12.3. The highest BCUT2D eigenvalue weighted by Gasteiger charge is 2.18. The van der Waals surface area contributed by atoms with Crippen LogP contribution < -0.4 is 10.9 Å². The summed E-state index contributed by atoms with van der Waals surface area (Å²) >= 11 is 2.73. The highest BCUT2D eigenvalue weighted by Crippen LogP contribution is 2.32. The van der Waals surface area contributed by atoms with E-state index in [1.807, 2.05) is 42.6 Å². The molecule has 5 nitrogen and oxygen atoms in total. The summed E-state index contributed by atoms with van der Waals surface area (Å²) in [5.41, 5.74) is 1.78. The number of allylic oxidation sites excluding steroid dienone is 1. The van der Waals surface area contributed by atoms with Crippen molar-refractivity contribution in [3.63, 3.8) is 0 Å². The molecule has 0 aliphatic rings. The van der Waals surface area contributed by atoms with Crippen molar-refractivity contribution < 1.29 is 4.79 Å². The zero-order chi connectivity index (χ0) is 21.0. The molecule has 7 heteroatoms. The molecule has 0 fully saturated rings. The summed E-state index contributed by atoms with van der Waals surface area (Å²) in [5, 5.41) is 6.11. The Bertz CT molecular complexity index is 1070. The van der Waals surface area contributed by atoms with Crippen LogP contribution in [0.15, 0.2) is 58.3 Å². The molecule has 1 atom stereocenters. The molecule has 1 aromatic carbocycles. The summed E-state index contributed by atoms with van der Waals surface area (Å²) in [6, 6.07) is 9.93. The maximum atomic E-state index is 13.3. The van der Waals surface area contributed by atoms with E-state index in [0.717, 1.165) is 11.1 Å². The molecule has 3 rings (SSSR count). The average molecular weight is 428 g/mol. The van der Waals surface area contributed by atoms with Crippen molar-refractivity contribution in [1.29, 1.82) is 0 Å². The van der Waals surface area contributed by atoms with Crippen molar-refractivity contribution in [3.8, 4) is 11.1 Å². The van der Waals surface area contributed by atoms with E-state index in [4.69, 9.17) is 4.98 Å². The number of aromatic nitrogens is 2. The molecule has 29 heavy (non-hydrogen) atoms. The zero-order valence-corrected chi connectivity index (χ0v) is 18.5. The van der Waals surface area contributed by atoms with Crippen LogP contribution in [0.5, 0.6) is 0 Å². The largest absolute Gasteiger partial charge is 0.353 e. The van der Waals surface area contributed by atoms with E-state index in [1.54, 1.807) is 10.6 Å². The predicted molar refractivity (Wildman–Crippen MR) is 123 cm³/mol. The van der Waals surface area contributed by atoms with Crippen molar-refractivity contribution in [2.45, 2.75) is 38.5 Å². The Labute approximate surface area is 178 Å². The Morgan fingerprint density at radius 1 is 1.31 bits per heavy atom. The first-order valence-electron chi connectivity index (χ1n) is 9.52. The van der Waals surface area contributed by atoms with E-state index in [-0.39, 0.29) is 23.3 Å². The van der Waals surface area contributed by atoms with E-state index >= 15 is 0 Å². The number of hydrogen-bond donors (Lipinski definition) is 1. The van der Waals surface area contributed by atoms with Crippen LogP contribution in [0.2, 0.25) is 0 Å². The summed E-state index contributed by atoms with van der Waals surface area (Å²) in [4.78, 5) is 30.9. The van der Waals surface area contributed by atoms with E-state index in [0.29, 0.717) is 27.8 Å². The maximum absolute atomic E-state index is 13.3. The molecular formula is C22H25N3O2S2. The van der Waals surface area contributed by atoms with Gasteiger partial charge < -0.3 is 5.32 Å². The minimum Gasteiger partial charge on any atom is -0.353 e. The van der Waals surface area contributed by atoms with Gasteiger partial charge in [0.1, 0.15) is 4.83 Å². The van der Waals surface area contributed by atoms with Gasteiger partial charge in [0, 0.05) is 23.5 Å². The second-order valence-corrected chi connectivity index (χ2v) is 8.98. The molecule has 0 unspecified atom stereocenters. The van der Waals surface area contributed by atoms with Gasteiger partial charge in [-0.15, -0.1) is 17.9 Å². The third kappa shape index (κ3) is 4.79. The lowest BCUT2D eigenvalue weighted by Gasteiger charge is -2.17. The van der Waals surface area contributed by atoms with Crippen molar-refractivity contribution in [2.24, 2.45) is 5.92 Å². The van der Waals surface area contributed by atoms with E-state index in [9.17, 15) is 9.59 Å². The van der Waals surface area contributed by atoms with Gasteiger partial charge in [0.25, 0.3) is 5.56 Å². The minimum atomic E-state index is -0.103. The number of carbonyl (C=O) groups excluding carboxylic acids is 1. The molecule has 0 aliphatic carbocycles. The molecule has 2 aromatic heterocycles. The van der Waals surface area contributed by atoms with Crippen LogP contribution in [0, 0.1) is 5.92 Å². The molecule has 152 valence electrons. The lowest BCUT2D eigenvalue weighted by Crippen LogP contribution is -2.37. The molecule has 1 amide bonds. The average Bonchev–Trinajstić information content (AvgIpc) is 3.13. The van der Waals surface area contributed by atoms with Crippen LogP contribution in [0.4, 0.5) is 0 Å². The predicted octanol–water partition coefficient (Wildman–Crippen LogP) is 4.56. The third-order valence-corrected chi connectivity index (χ3v) is 6.62. The SMILES string of the molecule is C=CCn1c(SCC(=O)N[C@@H](C)C(C)C)nc2scc(-c3ccccc3)c2c1=O. The first-order chi connectivity index (χ1) is 13.9. The van der Waals surface area contributed by atoms with Crippen LogP contribution in [-0.4, -0.2) is 27.3 Å². The highest BCUT2D eigenvalue weighted by atomic mass is 32.2. The Balaban J connectivity index is 1.94. The first kappa shape index (κ1) is 21.3. The summed E-state index contributed by atoms with van der Waals surface area (Å²) in [5.74, 6) is 0.509. The van der Waals surface area contributed by atoms with Gasteiger partial charge in [-0.1, -0.05) is 62.0 Å². The number of thioether (sulfide) groups is 1. The summed E-state index contributed by atoms with van der Waals surface area (Å²) < 4.78 is 1.60. The standard InChI is InChI=1S/C22H25N3O2S2/c1-5-11-25-21(27)19-17(16-9-7-6-8-10-16)12-28-20(19)24-22(25)29-13-18(26)23-15(4)14(2)3/h5-10,12,14-15H,1,11,13H2,2-4H3,(H,23,26)/t15-/m0/s1. The minimum absolute atomic E-state index is 0.0631. The van der Waals surface area contributed by atoms with Crippen molar-refractivity contribution in [2.75, 3.05) is 5.75 Å². The maximum Gasteiger partial charge on any atom is 0.263 e. The highest BCUT2D eigenvalue weighted by molar-refractivity contribution is 7.99. The second-order valence-electron chi connectivity index (χ2n) is 7.18. The van der Waals surface area contributed by atoms with Crippen molar-refractivity contribution in [3.05, 3.63) is 58.7 Å².